The van der Waals surface area contributed by atoms with Crippen LogP contribution in [0.2, 0.25) is 0 Å². The summed E-state index contributed by atoms with van der Waals surface area (Å²) in [5.74, 6) is -0.691. The fourth-order valence-corrected chi connectivity index (χ4v) is 3.19. The second kappa shape index (κ2) is 9.65. The van der Waals surface area contributed by atoms with Crippen LogP contribution in [-0.4, -0.2) is 60.4 Å². The number of nitrogens with zero attached hydrogens (tertiary/aromatic N) is 2. The van der Waals surface area contributed by atoms with Crippen LogP contribution >= 0.6 is 0 Å². The summed E-state index contributed by atoms with van der Waals surface area (Å²) in [6.45, 7) is 0.982. The number of imide groups is 1. The lowest BCUT2D eigenvalue weighted by Crippen LogP contribution is -2.52. The van der Waals surface area contributed by atoms with Crippen molar-refractivity contribution in [3.05, 3.63) is 59.5 Å². The van der Waals surface area contributed by atoms with Crippen LogP contribution in [0.3, 0.4) is 0 Å². The zero-order valence-corrected chi connectivity index (χ0v) is 16.4. The maximum Gasteiger partial charge on any atom is 0.417 e. The number of urea groups is 1. The predicted molar refractivity (Wildman–Crippen MR) is 103 cm³/mol. The molecule has 11 heteroatoms. The average Bonchev–Trinajstić information content (AvgIpc) is 3.25. The van der Waals surface area contributed by atoms with Crippen molar-refractivity contribution in [3.8, 4) is 0 Å². The quantitative estimate of drug-likeness (QED) is 0.746. The molecule has 1 fully saturated rings. The van der Waals surface area contributed by atoms with Gasteiger partial charge in [0.15, 0.2) is 0 Å². The lowest BCUT2D eigenvalue weighted by Gasteiger charge is -2.34. The summed E-state index contributed by atoms with van der Waals surface area (Å²) in [5, 5.41) is 4.68. The first kappa shape index (κ1) is 22.3. The summed E-state index contributed by atoms with van der Waals surface area (Å²) >= 11 is 0. The molecule has 1 aliphatic rings. The zero-order chi connectivity index (χ0) is 22.4. The second-order valence-electron chi connectivity index (χ2n) is 6.92. The van der Waals surface area contributed by atoms with Crippen molar-refractivity contribution >= 4 is 17.8 Å². The van der Waals surface area contributed by atoms with Crippen LogP contribution in [0.1, 0.15) is 21.7 Å². The van der Waals surface area contributed by atoms with Crippen LogP contribution in [-0.2, 0) is 17.5 Å². The molecule has 0 bridgehead atoms. The number of furan rings is 1. The number of benzene rings is 1. The minimum Gasteiger partial charge on any atom is -0.467 e. The molecular weight excluding hydrogens is 417 g/mol. The molecule has 0 atom stereocenters. The zero-order valence-electron chi connectivity index (χ0n) is 16.4. The molecule has 8 nitrogen and oxygen atoms in total. The Labute approximate surface area is 176 Å². The molecule has 3 rings (SSSR count). The van der Waals surface area contributed by atoms with E-state index in [0.717, 1.165) is 12.1 Å². The van der Waals surface area contributed by atoms with Gasteiger partial charge in [-0.25, -0.2) is 4.79 Å². The van der Waals surface area contributed by atoms with Gasteiger partial charge < -0.3 is 14.6 Å². The Bertz CT molecular complexity index is 923. The third-order valence-electron chi connectivity index (χ3n) is 4.75. The van der Waals surface area contributed by atoms with E-state index in [4.69, 9.17) is 4.42 Å². The number of piperazine rings is 1. The average molecular weight is 438 g/mol. The minimum absolute atomic E-state index is 0.0741. The monoisotopic (exact) mass is 438 g/mol. The molecule has 4 amide bonds. The number of carbonyl (C=O) groups is 3. The number of alkyl halides is 3. The fourth-order valence-electron chi connectivity index (χ4n) is 3.19. The van der Waals surface area contributed by atoms with E-state index in [0.29, 0.717) is 18.8 Å². The molecule has 2 heterocycles. The van der Waals surface area contributed by atoms with Crippen LogP contribution in [0, 0.1) is 0 Å². The number of carbonyl (C=O) groups excluding carboxylic acids is 3. The van der Waals surface area contributed by atoms with E-state index in [9.17, 15) is 27.6 Å². The number of rotatable bonds is 5. The minimum atomic E-state index is -4.62. The largest absolute Gasteiger partial charge is 0.467 e. The highest BCUT2D eigenvalue weighted by atomic mass is 19.4. The SMILES string of the molecule is O=C(CN1CCN(C(=O)c2ccccc2C(F)(F)F)CC1)NC(=O)NCc1ccco1. The Morgan fingerprint density at radius 3 is 2.35 bits per heavy atom. The molecule has 1 aromatic carbocycles. The van der Waals surface area contributed by atoms with Crippen molar-refractivity contribution in [2.24, 2.45) is 0 Å². The molecule has 2 aromatic rings. The van der Waals surface area contributed by atoms with Gasteiger partial charge in [0.2, 0.25) is 5.91 Å². The number of nitrogens with one attached hydrogen (secondary N) is 2. The molecule has 0 saturated carbocycles. The van der Waals surface area contributed by atoms with Gasteiger partial charge in [-0.3, -0.25) is 19.8 Å². The highest BCUT2D eigenvalue weighted by Gasteiger charge is 2.36. The van der Waals surface area contributed by atoms with E-state index in [-0.39, 0.29) is 26.2 Å². The molecule has 31 heavy (non-hydrogen) atoms. The summed E-state index contributed by atoms with van der Waals surface area (Å²) in [6.07, 6.45) is -3.16. The Morgan fingerprint density at radius 2 is 1.71 bits per heavy atom. The maximum absolute atomic E-state index is 13.2. The smallest absolute Gasteiger partial charge is 0.417 e. The van der Waals surface area contributed by atoms with E-state index in [1.165, 1.54) is 23.3 Å². The Balaban J connectivity index is 1.46. The van der Waals surface area contributed by atoms with Gasteiger partial charge in [0.1, 0.15) is 5.76 Å². The van der Waals surface area contributed by atoms with E-state index in [2.05, 4.69) is 10.6 Å². The summed E-state index contributed by atoms with van der Waals surface area (Å²) in [4.78, 5) is 39.4. The Hall–Kier alpha value is -3.34. The first-order valence-electron chi connectivity index (χ1n) is 9.52. The van der Waals surface area contributed by atoms with Crippen molar-refractivity contribution in [1.82, 2.24) is 20.4 Å². The summed E-state index contributed by atoms with van der Waals surface area (Å²) < 4.78 is 44.5. The third-order valence-corrected chi connectivity index (χ3v) is 4.75. The van der Waals surface area contributed by atoms with Gasteiger partial charge in [-0.2, -0.15) is 13.2 Å². The van der Waals surface area contributed by atoms with Gasteiger partial charge in [0, 0.05) is 26.2 Å². The molecule has 0 radical (unpaired) electrons. The third kappa shape index (κ3) is 6.07. The lowest BCUT2D eigenvalue weighted by molar-refractivity contribution is -0.138. The molecule has 1 saturated heterocycles. The van der Waals surface area contributed by atoms with E-state index >= 15 is 0 Å². The second-order valence-corrected chi connectivity index (χ2v) is 6.92. The van der Waals surface area contributed by atoms with Crippen molar-refractivity contribution in [2.75, 3.05) is 32.7 Å². The van der Waals surface area contributed by atoms with E-state index < -0.39 is 35.1 Å². The van der Waals surface area contributed by atoms with Crippen LogP contribution in [0.25, 0.3) is 0 Å². The van der Waals surface area contributed by atoms with Crippen LogP contribution in [0.4, 0.5) is 18.0 Å². The van der Waals surface area contributed by atoms with Crippen molar-refractivity contribution in [3.63, 3.8) is 0 Å². The number of hydrogen-bond acceptors (Lipinski definition) is 5. The van der Waals surface area contributed by atoms with Gasteiger partial charge >= 0.3 is 12.2 Å². The topological polar surface area (TPSA) is 94.9 Å². The number of amides is 4. The van der Waals surface area contributed by atoms with Gasteiger partial charge in [-0.15, -0.1) is 0 Å². The number of hydrogen-bond donors (Lipinski definition) is 2. The Morgan fingerprint density at radius 1 is 1.00 bits per heavy atom. The molecular formula is C20H21F3N4O4. The molecule has 2 N–H and O–H groups in total. The van der Waals surface area contributed by atoms with Crippen LogP contribution in [0.15, 0.2) is 47.1 Å². The molecule has 0 unspecified atom stereocenters. The summed E-state index contributed by atoms with van der Waals surface area (Å²) in [7, 11) is 0. The fraction of sp³-hybridized carbons (Fsp3) is 0.350. The molecule has 1 aromatic heterocycles. The van der Waals surface area contributed by atoms with E-state index in [1.54, 1.807) is 17.0 Å². The molecule has 0 spiro atoms. The number of halogens is 3. The lowest BCUT2D eigenvalue weighted by atomic mass is 10.1. The van der Waals surface area contributed by atoms with Gasteiger partial charge in [0.05, 0.1) is 30.5 Å². The predicted octanol–water partition coefficient (Wildman–Crippen LogP) is 2.08. The highest BCUT2D eigenvalue weighted by molar-refractivity contribution is 5.96. The Kier molecular flexibility index (Phi) is 6.95. The first-order chi connectivity index (χ1) is 14.7. The first-order valence-corrected chi connectivity index (χ1v) is 9.52. The maximum atomic E-state index is 13.2. The molecule has 1 aliphatic heterocycles. The van der Waals surface area contributed by atoms with Crippen LogP contribution in [0.5, 0.6) is 0 Å². The van der Waals surface area contributed by atoms with Crippen molar-refractivity contribution < 1.29 is 32.0 Å². The highest BCUT2D eigenvalue weighted by Crippen LogP contribution is 2.32. The van der Waals surface area contributed by atoms with Crippen LogP contribution < -0.4 is 10.6 Å². The van der Waals surface area contributed by atoms with Crippen molar-refractivity contribution in [1.29, 1.82) is 0 Å². The van der Waals surface area contributed by atoms with E-state index in [1.807, 2.05) is 0 Å². The van der Waals surface area contributed by atoms with Gasteiger partial charge in [-0.05, 0) is 24.3 Å². The van der Waals surface area contributed by atoms with Gasteiger partial charge in [-0.1, -0.05) is 12.1 Å². The summed E-state index contributed by atoms with van der Waals surface area (Å²) in [6, 6.07) is 7.35. The van der Waals surface area contributed by atoms with Gasteiger partial charge in [0.25, 0.3) is 5.91 Å². The molecule has 166 valence electrons. The van der Waals surface area contributed by atoms with Crippen molar-refractivity contribution in [2.45, 2.75) is 12.7 Å². The molecule has 0 aliphatic carbocycles. The standard InChI is InChI=1S/C20H21F3N4O4/c21-20(22,23)16-6-2-1-5-15(16)18(29)27-9-7-26(8-10-27)13-17(28)25-19(30)24-12-14-4-3-11-31-14/h1-6,11H,7-10,12-13H2,(H2,24,25,28,30). The summed E-state index contributed by atoms with van der Waals surface area (Å²) in [5.41, 5.74) is -1.36. The normalized spacial score (nSPS) is 14.9.